The molecule has 5 aromatic carbocycles. The molecule has 0 fully saturated rings. The lowest BCUT2D eigenvalue weighted by molar-refractivity contribution is 0.670. The molecule has 0 unspecified atom stereocenters. The van der Waals surface area contributed by atoms with E-state index in [2.05, 4.69) is 92.7 Å². The minimum Gasteiger partial charge on any atom is -0.455 e. The van der Waals surface area contributed by atoms with Crippen LogP contribution in [0.1, 0.15) is 25.3 Å². The van der Waals surface area contributed by atoms with Crippen LogP contribution in [0, 0.1) is 0 Å². The van der Waals surface area contributed by atoms with Gasteiger partial charge in [-0.25, -0.2) is 0 Å². The number of benzene rings is 5. The number of furan rings is 2. The van der Waals surface area contributed by atoms with E-state index in [9.17, 15) is 0 Å². The Kier molecular flexibility index (Phi) is 4.37. The second-order valence-corrected chi connectivity index (χ2v) is 9.48. The van der Waals surface area contributed by atoms with Gasteiger partial charge in [0.2, 0.25) is 0 Å². The van der Waals surface area contributed by atoms with Crippen molar-refractivity contribution in [2.45, 2.75) is 19.8 Å². The maximum atomic E-state index is 6.41. The van der Waals surface area contributed by atoms with Crippen LogP contribution in [0.2, 0.25) is 0 Å². The summed E-state index contributed by atoms with van der Waals surface area (Å²) in [5, 5.41) is 4.60. The Bertz CT molecular complexity index is 1750. The summed E-state index contributed by atoms with van der Waals surface area (Å²) >= 11 is 0. The second-order valence-electron chi connectivity index (χ2n) is 9.48. The minimum atomic E-state index is 0.306. The van der Waals surface area contributed by atoms with E-state index in [1.54, 1.807) is 0 Å². The minimum absolute atomic E-state index is 0.306. The first-order chi connectivity index (χ1) is 17.2. The van der Waals surface area contributed by atoms with Gasteiger partial charge in [-0.1, -0.05) is 105 Å². The van der Waals surface area contributed by atoms with Crippen molar-refractivity contribution in [2.75, 3.05) is 0 Å². The summed E-state index contributed by atoms with van der Waals surface area (Å²) in [6, 6.07) is 36.1. The van der Waals surface area contributed by atoms with Crippen LogP contribution in [0.3, 0.4) is 0 Å². The van der Waals surface area contributed by atoms with Crippen molar-refractivity contribution in [1.29, 1.82) is 0 Å². The van der Waals surface area contributed by atoms with Crippen molar-refractivity contribution in [3.63, 3.8) is 0 Å². The summed E-state index contributed by atoms with van der Waals surface area (Å²) in [4.78, 5) is 0. The van der Waals surface area contributed by atoms with Crippen molar-refractivity contribution in [3.8, 4) is 22.3 Å². The van der Waals surface area contributed by atoms with E-state index >= 15 is 0 Å². The van der Waals surface area contributed by atoms with E-state index in [-0.39, 0.29) is 0 Å². The molecule has 0 N–H and O–H groups in total. The summed E-state index contributed by atoms with van der Waals surface area (Å²) in [7, 11) is 0. The van der Waals surface area contributed by atoms with Crippen LogP contribution < -0.4 is 0 Å². The van der Waals surface area contributed by atoms with Gasteiger partial charge < -0.3 is 8.83 Å². The molecule has 0 spiro atoms. The smallest absolute Gasteiger partial charge is 0.143 e. The third kappa shape index (κ3) is 2.96. The van der Waals surface area contributed by atoms with Crippen LogP contribution in [0.5, 0.6) is 0 Å². The number of hydrogen-bond donors (Lipinski definition) is 0. The largest absolute Gasteiger partial charge is 0.455 e. The van der Waals surface area contributed by atoms with E-state index in [1.807, 2.05) is 24.3 Å². The molecule has 2 nitrogen and oxygen atoms in total. The van der Waals surface area contributed by atoms with Crippen molar-refractivity contribution >= 4 is 43.9 Å². The molecule has 0 aliphatic carbocycles. The second kappa shape index (κ2) is 7.61. The van der Waals surface area contributed by atoms with E-state index in [1.165, 1.54) is 16.7 Å². The summed E-state index contributed by atoms with van der Waals surface area (Å²) in [5.41, 5.74) is 9.68. The maximum absolute atomic E-state index is 6.41. The standard InChI is InChI=1S/C33H24O2/c1-20(2)31-23(27-16-8-14-25-21-10-3-5-18-29(21)34-32(25)27)12-7-13-24(31)28-17-9-15-26-22-11-4-6-19-30(22)35-33(26)28/h3-20H,1-2H3. The van der Waals surface area contributed by atoms with Gasteiger partial charge in [0, 0.05) is 32.7 Å². The average Bonchev–Trinajstić information content (AvgIpc) is 3.46. The van der Waals surface area contributed by atoms with E-state index in [4.69, 9.17) is 8.83 Å². The highest BCUT2D eigenvalue weighted by molar-refractivity contribution is 6.12. The maximum Gasteiger partial charge on any atom is 0.143 e. The van der Waals surface area contributed by atoms with Gasteiger partial charge in [0.05, 0.1) is 0 Å². The van der Waals surface area contributed by atoms with Gasteiger partial charge >= 0.3 is 0 Å². The lowest BCUT2D eigenvalue weighted by Gasteiger charge is -2.19. The molecular weight excluding hydrogens is 428 g/mol. The molecule has 0 radical (unpaired) electrons. The fraction of sp³-hybridized carbons (Fsp3) is 0.0909. The summed E-state index contributed by atoms with van der Waals surface area (Å²) < 4.78 is 12.8. The van der Waals surface area contributed by atoms with Gasteiger partial charge in [0.25, 0.3) is 0 Å². The highest BCUT2D eigenvalue weighted by atomic mass is 16.3. The molecular formula is C33H24O2. The van der Waals surface area contributed by atoms with E-state index in [0.29, 0.717) is 5.92 Å². The fourth-order valence-electron chi connectivity index (χ4n) is 5.58. The molecule has 0 atom stereocenters. The quantitative estimate of drug-likeness (QED) is 0.267. The molecule has 2 heteroatoms. The lowest BCUT2D eigenvalue weighted by Crippen LogP contribution is -1.97. The topological polar surface area (TPSA) is 26.3 Å². The molecule has 0 saturated heterocycles. The molecule has 2 heterocycles. The predicted octanol–water partition coefficient (Wildman–Crippen LogP) is 9.94. The Morgan fingerprint density at radius 3 is 1.31 bits per heavy atom. The molecule has 168 valence electrons. The van der Waals surface area contributed by atoms with Crippen molar-refractivity contribution < 1.29 is 8.83 Å². The Labute approximate surface area is 203 Å². The lowest BCUT2D eigenvalue weighted by atomic mass is 9.85. The van der Waals surface area contributed by atoms with E-state index in [0.717, 1.165) is 55.0 Å². The highest BCUT2D eigenvalue weighted by Gasteiger charge is 2.21. The van der Waals surface area contributed by atoms with Gasteiger partial charge in [-0.3, -0.25) is 0 Å². The van der Waals surface area contributed by atoms with Crippen molar-refractivity contribution in [2.24, 2.45) is 0 Å². The number of fused-ring (bicyclic) bond motifs is 6. The van der Waals surface area contributed by atoms with Gasteiger partial charge in [-0.05, 0) is 34.7 Å². The normalized spacial score (nSPS) is 12.0. The molecule has 7 aromatic rings. The zero-order valence-corrected chi connectivity index (χ0v) is 19.7. The Balaban J connectivity index is 1.54. The number of para-hydroxylation sites is 4. The van der Waals surface area contributed by atoms with Gasteiger partial charge in [0.15, 0.2) is 0 Å². The zero-order chi connectivity index (χ0) is 23.5. The van der Waals surface area contributed by atoms with Gasteiger partial charge in [-0.2, -0.15) is 0 Å². The molecule has 0 aliphatic rings. The fourth-order valence-corrected chi connectivity index (χ4v) is 5.58. The van der Waals surface area contributed by atoms with Gasteiger partial charge in [-0.15, -0.1) is 0 Å². The molecule has 7 rings (SSSR count). The van der Waals surface area contributed by atoms with Crippen LogP contribution in [0.4, 0.5) is 0 Å². The zero-order valence-electron chi connectivity index (χ0n) is 19.7. The third-order valence-corrected chi connectivity index (χ3v) is 7.07. The van der Waals surface area contributed by atoms with Crippen molar-refractivity contribution in [1.82, 2.24) is 0 Å². The number of hydrogen-bond acceptors (Lipinski definition) is 2. The monoisotopic (exact) mass is 452 g/mol. The third-order valence-electron chi connectivity index (χ3n) is 7.07. The molecule has 2 aromatic heterocycles. The number of rotatable bonds is 3. The van der Waals surface area contributed by atoms with E-state index < -0.39 is 0 Å². The first-order valence-electron chi connectivity index (χ1n) is 12.1. The van der Waals surface area contributed by atoms with Crippen LogP contribution in [-0.4, -0.2) is 0 Å². The summed E-state index contributed by atoms with van der Waals surface area (Å²) in [6.07, 6.45) is 0. The Morgan fingerprint density at radius 1 is 0.429 bits per heavy atom. The van der Waals surface area contributed by atoms with Gasteiger partial charge in [0.1, 0.15) is 22.3 Å². The molecule has 35 heavy (non-hydrogen) atoms. The molecule has 0 saturated carbocycles. The average molecular weight is 453 g/mol. The molecule has 0 amide bonds. The summed E-state index contributed by atoms with van der Waals surface area (Å²) in [5.74, 6) is 0.306. The Hall–Kier alpha value is -4.30. The molecule has 0 bridgehead atoms. The van der Waals surface area contributed by atoms with Crippen molar-refractivity contribution in [3.05, 3.63) is 109 Å². The van der Waals surface area contributed by atoms with Crippen LogP contribution in [0.15, 0.2) is 112 Å². The first-order valence-corrected chi connectivity index (χ1v) is 12.1. The predicted molar refractivity (Wildman–Crippen MR) is 146 cm³/mol. The first kappa shape index (κ1) is 20.1. The van der Waals surface area contributed by atoms with Crippen LogP contribution in [0.25, 0.3) is 66.1 Å². The van der Waals surface area contributed by atoms with Crippen LogP contribution in [-0.2, 0) is 0 Å². The van der Waals surface area contributed by atoms with Crippen LogP contribution >= 0.6 is 0 Å². The SMILES string of the molecule is CC(C)c1c(-c2cccc3c2oc2ccccc23)cccc1-c1cccc2c1oc1ccccc12. The molecule has 0 aliphatic heterocycles. The Morgan fingerprint density at radius 2 is 0.829 bits per heavy atom. The summed E-state index contributed by atoms with van der Waals surface area (Å²) in [6.45, 7) is 4.53. The highest BCUT2D eigenvalue weighted by Crippen LogP contribution is 2.44.